The van der Waals surface area contributed by atoms with Gasteiger partial charge < -0.3 is 25.0 Å². The van der Waals surface area contributed by atoms with Crippen LogP contribution in [0.2, 0.25) is 0 Å². The molecule has 0 spiro atoms. The smallest absolute Gasteiger partial charge is 0.408 e. The first kappa shape index (κ1) is 30.9. The second kappa shape index (κ2) is 12.7. The molecule has 9 nitrogen and oxygen atoms in total. The largest absolute Gasteiger partial charge is 0.466 e. The van der Waals surface area contributed by atoms with Gasteiger partial charge in [-0.3, -0.25) is 14.4 Å². The van der Waals surface area contributed by atoms with Crippen LogP contribution in [-0.4, -0.2) is 59.1 Å². The van der Waals surface area contributed by atoms with Gasteiger partial charge in [-0.2, -0.15) is 0 Å². The molecule has 1 aromatic carbocycles. The molecule has 0 aliphatic carbocycles. The Bertz CT molecular complexity index is 926. The summed E-state index contributed by atoms with van der Waals surface area (Å²) in [5, 5.41) is 5.39. The summed E-state index contributed by atoms with van der Waals surface area (Å²) >= 11 is 0. The van der Waals surface area contributed by atoms with Crippen molar-refractivity contribution in [1.29, 1.82) is 0 Å². The lowest BCUT2D eigenvalue weighted by Crippen LogP contribution is -2.58. The van der Waals surface area contributed by atoms with Crippen LogP contribution in [0.25, 0.3) is 0 Å². The number of hydrogen-bond acceptors (Lipinski definition) is 6. The van der Waals surface area contributed by atoms with E-state index in [2.05, 4.69) is 10.6 Å². The topological polar surface area (TPSA) is 114 Å². The fourth-order valence-electron chi connectivity index (χ4n) is 3.85. The van der Waals surface area contributed by atoms with Crippen LogP contribution in [0.15, 0.2) is 18.2 Å². The predicted octanol–water partition coefficient (Wildman–Crippen LogP) is 3.95. The van der Waals surface area contributed by atoms with E-state index in [-0.39, 0.29) is 19.6 Å². The number of nitrogens with zero attached hydrogens (tertiary/aromatic N) is 1. The summed E-state index contributed by atoms with van der Waals surface area (Å²) < 4.78 is 10.2. The molecule has 2 N–H and O–H groups in total. The maximum Gasteiger partial charge on any atom is 0.408 e. The van der Waals surface area contributed by atoms with Crippen LogP contribution < -0.4 is 10.6 Å². The molecular weight excluding hydrogens is 462 g/mol. The van der Waals surface area contributed by atoms with Crippen LogP contribution in [0.1, 0.15) is 84.5 Å². The molecule has 2 unspecified atom stereocenters. The molecule has 0 bridgehead atoms. The number of esters is 1. The van der Waals surface area contributed by atoms with Crippen molar-refractivity contribution in [2.45, 2.75) is 98.9 Å². The van der Waals surface area contributed by atoms with Crippen molar-refractivity contribution in [3.05, 3.63) is 34.9 Å². The molecule has 0 saturated heterocycles. The molecule has 2 atom stereocenters. The summed E-state index contributed by atoms with van der Waals surface area (Å²) in [7, 11) is 0. The van der Waals surface area contributed by atoms with Gasteiger partial charge in [-0.25, -0.2) is 4.79 Å². The number of benzene rings is 1. The SMILES string of the molecule is CCOC(=O)CCNC(=O)C(c1c(C)cccc1C)N(C(=O)C(C)NC(=O)OC(C)(C)C)C(C)(C)C. The monoisotopic (exact) mass is 505 g/mol. The third kappa shape index (κ3) is 9.17. The summed E-state index contributed by atoms with van der Waals surface area (Å²) in [5.74, 6) is -1.29. The normalized spacial score (nSPS) is 13.3. The fraction of sp³-hybridized carbons (Fsp3) is 0.630. The van der Waals surface area contributed by atoms with Crippen molar-refractivity contribution < 1.29 is 28.7 Å². The van der Waals surface area contributed by atoms with E-state index in [4.69, 9.17) is 9.47 Å². The first-order valence-corrected chi connectivity index (χ1v) is 12.3. The Morgan fingerprint density at radius 2 is 1.56 bits per heavy atom. The first-order chi connectivity index (χ1) is 16.5. The highest BCUT2D eigenvalue weighted by molar-refractivity contribution is 5.93. The summed E-state index contributed by atoms with van der Waals surface area (Å²) in [5.41, 5.74) is 0.860. The van der Waals surface area contributed by atoms with Gasteiger partial charge in [-0.05, 0) is 85.9 Å². The van der Waals surface area contributed by atoms with Gasteiger partial charge in [0.15, 0.2) is 0 Å². The highest BCUT2D eigenvalue weighted by atomic mass is 16.6. The van der Waals surface area contributed by atoms with Crippen LogP contribution in [-0.2, 0) is 23.9 Å². The van der Waals surface area contributed by atoms with Gasteiger partial charge in [-0.15, -0.1) is 0 Å². The van der Waals surface area contributed by atoms with Gasteiger partial charge in [-0.1, -0.05) is 18.2 Å². The Morgan fingerprint density at radius 3 is 2.03 bits per heavy atom. The van der Waals surface area contributed by atoms with E-state index in [0.717, 1.165) is 11.1 Å². The Labute approximate surface area is 215 Å². The number of carbonyl (C=O) groups is 4. The molecule has 9 heteroatoms. The standard InChI is InChI=1S/C27H43N3O6/c1-11-35-20(31)15-16-28-23(32)22(21-17(2)13-12-14-18(21)3)30(26(5,6)7)24(33)19(4)29-25(34)36-27(8,9)10/h12-14,19,22H,11,15-16H2,1-10H3,(H,28,32)(H,29,34). The second-order valence-corrected chi connectivity index (χ2v) is 10.8. The second-order valence-electron chi connectivity index (χ2n) is 10.8. The van der Waals surface area contributed by atoms with Crippen molar-refractivity contribution in [3.8, 4) is 0 Å². The lowest BCUT2D eigenvalue weighted by molar-refractivity contribution is -0.148. The van der Waals surface area contributed by atoms with Crippen molar-refractivity contribution in [3.63, 3.8) is 0 Å². The summed E-state index contributed by atoms with van der Waals surface area (Å²) in [6, 6.07) is 3.70. The molecule has 0 aliphatic rings. The van der Waals surface area contributed by atoms with E-state index >= 15 is 0 Å². The van der Waals surface area contributed by atoms with Gasteiger partial charge >= 0.3 is 12.1 Å². The number of amides is 3. The van der Waals surface area contributed by atoms with Gasteiger partial charge in [0.05, 0.1) is 13.0 Å². The molecule has 0 aliphatic heterocycles. The molecule has 36 heavy (non-hydrogen) atoms. The van der Waals surface area contributed by atoms with Crippen molar-refractivity contribution >= 4 is 23.9 Å². The highest BCUT2D eigenvalue weighted by Gasteiger charge is 2.41. The third-order valence-corrected chi connectivity index (χ3v) is 5.32. The minimum atomic E-state index is -0.996. The van der Waals surface area contributed by atoms with E-state index in [1.165, 1.54) is 4.90 Å². The number of alkyl carbamates (subject to hydrolysis) is 1. The molecule has 3 amide bonds. The number of hydrogen-bond donors (Lipinski definition) is 2. The van der Waals surface area contributed by atoms with Crippen LogP contribution in [0.5, 0.6) is 0 Å². The van der Waals surface area contributed by atoms with Crippen LogP contribution in [0.3, 0.4) is 0 Å². The van der Waals surface area contributed by atoms with Crippen LogP contribution in [0.4, 0.5) is 4.79 Å². The number of carbonyl (C=O) groups excluding carboxylic acids is 4. The lowest BCUT2D eigenvalue weighted by atomic mass is 9.90. The van der Waals surface area contributed by atoms with Crippen LogP contribution in [0, 0.1) is 13.8 Å². The van der Waals surface area contributed by atoms with Gasteiger partial charge in [0, 0.05) is 12.1 Å². The molecular formula is C27H43N3O6. The van der Waals surface area contributed by atoms with Crippen LogP contribution >= 0.6 is 0 Å². The zero-order valence-electron chi connectivity index (χ0n) is 23.4. The zero-order chi connectivity index (χ0) is 27.8. The molecule has 0 aromatic heterocycles. The quantitative estimate of drug-likeness (QED) is 0.491. The fourth-order valence-corrected chi connectivity index (χ4v) is 3.85. The maximum atomic E-state index is 13.8. The molecule has 0 radical (unpaired) electrons. The van der Waals surface area contributed by atoms with E-state index in [1.54, 1.807) is 34.6 Å². The van der Waals surface area contributed by atoms with E-state index in [0.29, 0.717) is 5.56 Å². The molecule has 0 saturated carbocycles. The predicted molar refractivity (Wildman–Crippen MR) is 138 cm³/mol. The van der Waals surface area contributed by atoms with E-state index in [9.17, 15) is 19.2 Å². The average molecular weight is 506 g/mol. The van der Waals surface area contributed by atoms with Crippen molar-refractivity contribution in [2.75, 3.05) is 13.2 Å². The summed E-state index contributed by atoms with van der Waals surface area (Å²) in [6.07, 6.45) is -0.709. The minimum absolute atomic E-state index is 0.0130. The zero-order valence-corrected chi connectivity index (χ0v) is 23.4. The molecule has 1 aromatic rings. The first-order valence-electron chi connectivity index (χ1n) is 12.3. The summed E-state index contributed by atoms with van der Waals surface area (Å²) in [6.45, 7) is 18.1. The third-order valence-electron chi connectivity index (χ3n) is 5.32. The molecule has 202 valence electrons. The van der Waals surface area contributed by atoms with E-state index < -0.39 is 47.1 Å². The lowest BCUT2D eigenvalue weighted by Gasteiger charge is -2.43. The Balaban J connectivity index is 3.41. The van der Waals surface area contributed by atoms with Crippen molar-refractivity contribution in [2.24, 2.45) is 0 Å². The van der Waals surface area contributed by atoms with Gasteiger partial charge in [0.1, 0.15) is 17.7 Å². The Hall–Kier alpha value is -3.10. The Kier molecular flexibility index (Phi) is 10.9. The minimum Gasteiger partial charge on any atom is -0.466 e. The van der Waals surface area contributed by atoms with Gasteiger partial charge in [0.2, 0.25) is 11.8 Å². The molecule has 0 heterocycles. The average Bonchev–Trinajstić information content (AvgIpc) is 2.70. The number of rotatable bonds is 9. The summed E-state index contributed by atoms with van der Waals surface area (Å²) in [4.78, 5) is 53.1. The van der Waals surface area contributed by atoms with E-state index in [1.807, 2.05) is 52.8 Å². The van der Waals surface area contributed by atoms with Crippen molar-refractivity contribution in [1.82, 2.24) is 15.5 Å². The molecule has 0 fully saturated rings. The Morgan fingerprint density at radius 1 is 1.00 bits per heavy atom. The highest BCUT2D eigenvalue weighted by Crippen LogP contribution is 2.33. The maximum absolute atomic E-state index is 13.8. The number of aryl methyl sites for hydroxylation is 2. The molecule has 1 rings (SSSR count). The number of ether oxygens (including phenoxy) is 2. The van der Waals surface area contributed by atoms with Gasteiger partial charge in [0.25, 0.3) is 0 Å². The number of nitrogens with one attached hydrogen (secondary N) is 2.